The molecule has 1 aliphatic rings. The smallest absolute Gasteiger partial charge is 0.407 e. The second-order valence-electron chi connectivity index (χ2n) is 7.66. The summed E-state index contributed by atoms with van der Waals surface area (Å²) in [7, 11) is -2.87. The Hall–Kier alpha value is -2.26. The normalized spacial score (nSPS) is 21.0. The molecule has 1 amide bonds. The lowest BCUT2D eigenvalue weighted by Gasteiger charge is -2.14. The van der Waals surface area contributed by atoms with E-state index in [1.807, 2.05) is 19.9 Å². The lowest BCUT2D eigenvalue weighted by molar-refractivity contribution is 0.0981. The zero-order chi connectivity index (χ0) is 21.2. The molecule has 3 rings (SSSR count). The minimum absolute atomic E-state index is 0.0495. The number of rotatable bonds is 6. The van der Waals surface area contributed by atoms with E-state index >= 15 is 0 Å². The molecule has 8 nitrogen and oxygen atoms in total. The molecule has 1 fully saturated rings. The molecule has 1 heterocycles. The summed E-state index contributed by atoms with van der Waals surface area (Å²) in [6.07, 6.45) is 3.35. The first-order valence-corrected chi connectivity index (χ1v) is 11.8. The van der Waals surface area contributed by atoms with Crippen molar-refractivity contribution in [3.63, 3.8) is 0 Å². The van der Waals surface area contributed by atoms with Crippen LogP contribution in [0.1, 0.15) is 44.7 Å². The van der Waals surface area contributed by atoms with Gasteiger partial charge in [-0.3, -0.25) is 5.10 Å². The van der Waals surface area contributed by atoms with Crippen molar-refractivity contribution in [1.29, 1.82) is 4.78 Å². The van der Waals surface area contributed by atoms with E-state index in [0.717, 1.165) is 25.0 Å². The number of nitrogens with zero attached hydrogens (tertiary/aromatic N) is 1. The average Bonchev–Trinajstić information content (AvgIpc) is 3.22. The van der Waals surface area contributed by atoms with Crippen molar-refractivity contribution in [2.75, 3.05) is 11.6 Å². The van der Waals surface area contributed by atoms with Crippen molar-refractivity contribution >= 4 is 38.9 Å². The minimum Gasteiger partial charge on any atom is -0.446 e. The number of amides is 1. The van der Waals surface area contributed by atoms with Crippen LogP contribution in [0.4, 0.5) is 16.3 Å². The molecule has 1 unspecified atom stereocenters. The molecule has 0 spiro atoms. The van der Waals surface area contributed by atoms with E-state index in [1.165, 1.54) is 6.26 Å². The molecule has 1 aliphatic carbocycles. The zero-order valence-corrected chi connectivity index (χ0v) is 18.2. The number of hydrogen-bond acceptors (Lipinski definition) is 6. The van der Waals surface area contributed by atoms with E-state index in [2.05, 4.69) is 20.8 Å². The van der Waals surface area contributed by atoms with Gasteiger partial charge in [0.25, 0.3) is 0 Å². The number of alkyl carbamates (subject to hydrolysis) is 1. The fraction of sp³-hybridized carbons (Fsp3) is 0.474. The number of carbonyl (C=O) groups excluding carboxylic acids is 1. The maximum absolute atomic E-state index is 11.9. The molecule has 158 valence electrons. The zero-order valence-electron chi connectivity index (χ0n) is 16.6. The highest BCUT2D eigenvalue weighted by atomic mass is 35.5. The summed E-state index contributed by atoms with van der Waals surface area (Å²) in [4.78, 5) is 12.1. The van der Waals surface area contributed by atoms with Crippen molar-refractivity contribution in [3.8, 4) is 0 Å². The maximum Gasteiger partial charge on any atom is 0.407 e. The number of halogens is 1. The predicted octanol–water partition coefficient (Wildman–Crippen LogP) is 4.61. The molecular formula is C19H26ClN5O3S. The van der Waals surface area contributed by atoms with Crippen LogP contribution in [0.15, 0.2) is 29.2 Å². The van der Waals surface area contributed by atoms with E-state index in [0.29, 0.717) is 16.4 Å². The molecule has 4 N–H and O–H groups in total. The summed E-state index contributed by atoms with van der Waals surface area (Å²) in [5.74, 6) is 0.878. The molecule has 10 heteroatoms. The van der Waals surface area contributed by atoms with Gasteiger partial charge in [-0.1, -0.05) is 11.6 Å². The number of aromatic nitrogens is 2. The monoisotopic (exact) mass is 439 g/mol. The van der Waals surface area contributed by atoms with Gasteiger partial charge in [-0.25, -0.2) is 13.8 Å². The molecule has 0 saturated heterocycles. The van der Waals surface area contributed by atoms with E-state index in [-0.39, 0.29) is 29.2 Å². The molecule has 1 aromatic heterocycles. The Morgan fingerprint density at radius 1 is 1.38 bits per heavy atom. The second-order valence-corrected chi connectivity index (χ2v) is 10.2. The van der Waals surface area contributed by atoms with Crippen LogP contribution in [-0.4, -0.2) is 38.9 Å². The first kappa shape index (κ1) is 21.4. The van der Waals surface area contributed by atoms with Crippen LogP contribution in [0.2, 0.25) is 5.02 Å². The van der Waals surface area contributed by atoms with Gasteiger partial charge in [-0.05, 0) is 51.3 Å². The number of benzene rings is 1. The van der Waals surface area contributed by atoms with Gasteiger partial charge in [-0.15, -0.1) is 0 Å². The molecule has 29 heavy (non-hydrogen) atoms. The van der Waals surface area contributed by atoms with Crippen molar-refractivity contribution in [3.05, 3.63) is 35.0 Å². The molecular weight excluding hydrogens is 414 g/mol. The van der Waals surface area contributed by atoms with Crippen molar-refractivity contribution in [1.82, 2.24) is 15.5 Å². The summed E-state index contributed by atoms with van der Waals surface area (Å²) in [5, 5.41) is 13.5. The van der Waals surface area contributed by atoms with Gasteiger partial charge < -0.3 is 15.4 Å². The molecule has 1 saturated carbocycles. The Labute approximate surface area is 175 Å². The van der Waals surface area contributed by atoms with Crippen LogP contribution in [-0.2, 0) is 14.5 Å². The van der Waals surface area contributed by atoms with Gasteiger partial charge in [0.05, 0.1) is 19.6 Å². The topological polar surface area (TPSA) is 120 Å². The minimum atomic E-state index is -2.87. The Bertz CT molecular complexity index is 989. The molecule has 3 atom stereocenters. The number of hydrogen-bond donors (Lipinski definition) is 4. The highest BCUT2D eigenvalue weighted by molar-refractivity contribution is 7.91. The Morgan fingerprint density at radius 2 is 2.14 bits per heavy atom. The molecule has 0 radical (unpaired) electrons. The summed E-state index contributed by atoms with van der Waals surface area (Å²) < 4.78 is 25.0. The predicted molar refractivity (Wildman–Crippen MR) is 114 cm³/mol. The number of H-pyrrole nitrogens is 1. The summed E-state index contributed by atoms with van der Waals surface area (Å²) >= 11 is 6.16. The number of nitrogens with one attached hydrogen (secondary N) is 4. The van der Waals surface area contributed by atoms with Crippen LogP contribution in [0.3, 0.4) is 0 Å². The quantitative estimate of drug-likeness (QED) is 0.523. The lowest BCUT2D eigenvalue weighted by Crippen LogP contribution is -2.33. The SMILES string of the molecule is CC(C)NC(=O)O[C@@H]1CC[C@H](c2cc(Nc3ccc(S(C)(=N)=O)c(Cl)c3)n[nH]2)C1. The van der Waals surface area contributed by atoms with Gasteiger partial charge in [0, 0.05) is 35.7 Å². The van der Waals surface area contributed by atoms with Crippen LogP contribution < -0.4 is 10.6 Å². The van der Waals surface area contributed by atoms with E-state index < -0.39 is 9.73 Å². The Morgan fingerprint density at radius 3 is 2.79 bits per heavy atom. The lowest BCUT2D eigenvalue weighted by atomic mass is 10.0. The fourth-order valence-corrected chi connectivity index (χ4v) is 4.78. The Balaban J connectivity index is 1.60. The van der Waals surface area contributed by atoms with Gasteiger partial charge in [0.15, 0.2) is 5.82 Å². The number of carbonyl (C=O) groups is 1. The third-order valence-electron chi connectivity index (χ3n) is 4.73. The number of aromatic amines is 1. The maximum atomic E-state index is 11.9. The van der Waals surface area contributed by atoms with Crippen molar-refractivity contribution < 1.29 is 13.7 Å². The molecule has 0 bridgehead atoms. The van der Waals surface area contributed by atoms with E-state index in [4.69, 9.17) is 21.1 Å². The second kappa shape index (κ2) is 8.62. The van der Waals surface area contributed by atoms with Crippen LogP contribution in [0.5, 0.6) is 0 Å². The van der Waals surface area contributed by atoms with Crippen LogP contribution in [0, 0.1) is 4.78 Å². The Kier molecular flexibility index (Phi) is 6.38. The first-order valence-electron chi connectivity index (χ1n) is 9.44. The van der Waals surface area contributed by atoms with E-state index in [1.54, 1.807) is 18.2 Å². The largest absolute Gasteiger partial charge is 0.446 e. The van der Waals surface area contributed by atoms with Crippen LogP contribution >= 0.6 is 11.6 Å². The molecule has 0 aliphatic heterocycles. The fourth-order valence-electron chi connectivity index (χ4n) is 3.40. The van der Waals surface area contributed by atoms with Gasteiger partial charge in [-0.2, -0.15) is 5.10 Å². The highest BCUT2D eigenvalue weighted by Crippen LogP contribution is 2.36. The molecule has 1 aromatic carbocycles. The third kappa shape index (κ3) is 5.63. The molecule has 2 aromatic rings. The standard InChI is InChI=1S/C19H26ClN5O3S/c1-11(2)22-19(26)28-14-6-4-12(8-14)16-10-18(25-24-16)23-13-5-7-17(15(20)9-13)29(3,21)27/h5,7,9-12,14,21H,4,6,8H2,1-3H3,(H,22,26)(H2,23,24,25)/t12-,14+,29?/m0/s1. The summed E-state index contributed by atoms with van der Waals surface area (Å²) in [6, 6.07) is 6.93. The third-order valence-corrected chi connectivity index (χ3v) is 6.35. The van der Waals surface area contributed by atoms with E-state index in [9.17, 15) is 9.00 Å². The summed E-state index contributed by atoms with van der Waals surface area (Å²) in [5.41, 5.74) is 1.67. The number of anilines is 2. The van der Waals surface area contributed by atoms with Gasteiger partial charge in [0.1, 0.15) is 6.10 Å². The number of ether oxygens (including phenoxy) is 1. The van der Waals surface area contributed by atoms with Gasteiger partial charge in [0.2, 0.25) is 0 Å². The van der Waals surface area contributed by atoms with Gasteiger partial charge >= 0.3 is 6.09 Å². The van der Waals surface area contributed by atoms with Crippen molar-refractivity contribution in [2.24, 2.45) is 0 Å². The van der Waals surface area contributed by atoms with Crippen molar-refractivity contribution in [2.45, 2.75) is 56.1 Å². The van der Waals surface area contributed by atoms with Crippen LogP contribution in [0.25, 0.3) is 0 Å². The summed E-state index contributed by atoms with van der Waals surface area (Å²) in [6.45, 7) is 3.79. The average molecular weight is 440 g/mol. The highest BCUT2D eigenvalue weighted by Gasteiger charge is 2.30. The first-order chi connectivity index (χ1) is 13.6.